The van der Waals surface area contributed by atoms with Crippen LogP contribution in [0.25, 0.3) is 128 Å². The fourth-order valence-corrected chi connectivity index (χ4v) is 9.89. The molecule has 0 radical (unpaired) electrons. The maximum Gasteiger partial charge on any atom is 0.164 e. The van der Waals surface area contributed by atoms with Crippen LogP contribution >= 0.6 is 0 Å². The van der Waals surface area contributed by atoms with Gasteiger partial charge in [0.1, 0.15) is 0 Å². The molecule has 0 atom stereocenters. The van der Waals surface area contributed by atoms with E-state index in [1.807, 2.05) is 60.7 Å². The summed E-state index contributed by atoms with van der Waals surface area (Å²) in [5.74, 6) is 1.93. The highest BCUT2D eigenvalue weighted by molar-refractivity contribution is 6.33. The van der Waals surface area contributed by atoms with Crippen molar-refractivity contribution < 1.29 is 0 Å². The molecule has 0 saturated carbocycles. The minimum Gasteiger partial charge on any atom is -0.309 e. The molecule has 2 aromatic heterocycles. The highest BCUT2D eigenvalue weighted by Crippen LogP contribution is 2.52. The first-order valence-corrected chi connectivity index (χ1v) is 21.4. The molecule has 2 heterocycles. The molecule has 292 valence electrons. The number of benzene rings is 10. The van der Waals surface area contributed by atoms with Gasteiger partial charge in [0.15, 0.2) is 17.5 Å². The van der Waals surface area contributed by atoms with Crippen molar-refractivity contribution in [3.8, 4) is 84.4 Å². The molecule has 12 aromatic rings. The van der Waals surface area contributed by atoms with Crippen molar-refractivity contribution in [3.05, 3.63) is 218 Å². The number of hydrogen-bond acceptors (Lipinski definition) is 3. The van der Waals surface area contributed by atoms with Gasteiger partial charge in [0.25, 0.3) is 0 Å². The summed E-state index contributed by atoms with van der Waals surface area (Å²) < 4.78 is 2.49. The van der Waals surface area contributed by atoms with E-state index in [2.05, 4.69) is 162 Å². The zero-order chi connectivity index (χ0) is 41.4. The summed E-state index contributed by atoms with van der Waals surface area (Å²) in [7, 11) is 0. The Kier molecular flexibility index (Phi) is 7.87. The standard InChI is InChI=1S/C59H36N4/c1-3-16-38(17-4-1)57-60-58(39-18-5-2-6-19-39)62-59(61-57)44-24-12-22-42(34-44)40-20-11-21-41(33-40)43-23-13-25-45(35-43)63-52-32-31-37-15-7-8-26-46(37)55(52)56-50-30-14-29-49-47-27-9-10-28-48(47)51(54(49)50)36-53(56)63/h1-36H. The Bertz CT molecular complexity index is 3730. The average molecular weight is 801 g/mol. The number of rotatable bonds is 6. The maximum atomic E-state index is 5.01. The van der Waals surface area contributed by atoms with Crippen LogP contribution in [0.3, 0.4) is 0 Å². The summed E-state index contributed by atoms with van der Waals surface area (Å²) in [6.07, 6.45) is 0. The fourth-order valence-electron chi connectivity index (χ4n) is 9.89. The number of fused-ring (bicyclic) bond motifs is 9. The van der Waals surface area contributed by atoms with Crippen molar-refractivity contribution in [1.82, 2.24) is 19.5 Å². The maximum absolute atomic E-state index is 5.01. The molecule has 4 nitrogen and oxygen atoms in total. The van der Waals surface area contributed by atoms with Crippen LogP contribution in [0.15, 0.2) is 218 Å². The second-order valence-electron chi connectivity index (χ2n) is 16.4. The second-order valence-corrected chi connectivity index (χ2v) is 16.4. The first-order valence-electron chi connectivity index (χ1n) is 21.4. The van der Waals surface area contributed by atoms with Crippen molar-refractivity contribution in [2.45, 2.75) is 0 Å². The van der Waals surface area contributed by atoms with Gasteiger partial charge in [-0.25, -0.2) is 15.0 Å². The minimum atomic E-state index is 0.637. The average Bonchev–Trinajstić information content (AvgIpc) is 3.88. The van der Waals surface area contributed by atoms with Gasteiger partial charge in [-0.05, 0) is 102 Å². The monoisotopic (exact) mass is 800 g/mol. The molecule has 0 saturated heterocycles. The van der Waals surface area contributed by atoms with Crippen molar-refractivity contribution in [2.24, 2.45) is 0 Å². The molecule has 0 aliphatic heterocycles. The van der Waals surface area contributed by atoms with Crippen molar-refractivity contribution in [3.63, 3.8) is 0 Å². The molecule has 13 rings (SSSR count). The minimum absolute atomic E-state index is 0.637. The topological polar surface area (TPSA) is 43.6 Å². The first kappa shape index (κ1) is 35.3. The van der Waals surface area contributed by atoms with E-state index in [0.717, 1.165) is 44.6 Å². The summed E-state index contributed by atoms with van der Waals surface area (Å²) in [5, 5.41) is 7.75. The Morgan fingerprint density at radius 2 is 0.746 bits per heavy atom. The lowest BCUT2D eigenvalue weighted by molar-refractivity contribution is 1.07. The summed E-state index contributed by atoms with van der Waals surface area (Å²) >= 11 is 0. The lowest BCUT2D eigenvalue weighted by atomic mass is 9.96. The third-order valence-corrected chi connectivity index (χ3v) is 12.7. The van der Waals surface area contributed by atoms with E-state index in [9.17, 15) is 0 Å². The van der Waals surface area contributed by atoms with Gasteiger partial charge in [-0.3, -0.25) is 0 Å². The van der Waals surface area contributed by atoms with E-state index < -0.39 is 0 Å². The van der Waals surface area contributed by atoms with Crippen LogP contribution in [0.1, 0.15) is 0 Å². The fraction of sp³-hybridized carbons (Fsp3) is 0. The lowest BCUT2D eigenvalue weighted by Gasteiger charge is -2.13. The molecule has 1 aliphatic rings. The number of aromatic nitrogens is 4. The van der Waals surface area contributed by atoms with Gasteiger partial charge in [0, 0.05) is 33.2 Å². The molecule has 4 heteroatoms. The molecule has 0 amide bonds. The summed E-state index contributed by atoms with van der Waals surface area (Å²) in [5.41, 5.74) is 16.1. The highest BCUT2D eigenvalue weighted by Gasteiger charge is 2.26. The van der Waals surface area contributed by atoms with Crippen LogP contribution in [0.4, 0.5) is 0 Å². The van der Waals surface area contributed by atoms with Crippen LogP contribution in [-0.2, 0) is 0 Å². The van der Waals surface area contributed by atoms with Crippen molar-refractivity contribution in [2.75, 3.05) is 0 Å². The molecule has 0 fully saturated rings. The SMILES string of the molecule is c1ccc(-c2nc(-c3ccccc3)nc(-c3cccc(-c4cccc(-c5cccc(-n6c7ccc8ccccc8c7c7c8cccc9c8c(cc76)-c6ccccc6-9)c5)c4)c3)n2)cc1. The number of hydrogen-bond donors (Lipinski definition) is 0. The summed E-state index contributed by atoms with van der Waals surface area (Å²) in [6, 6.07) is 78.1. The van der Waals surface area contributed by atoms with E-state index in [1.54, 1.807) is 0 Å². The summed E-state index contributed by atoms with van der Waals surface area (Å²) in [4.78, 5) is 14.9. The highest BCUT2D eigenvalue weighted by atomic mass is 15.0. The molecule has 0 spiro atoms. The largest absolute Gasteiger partial charge is 0.309 e. The molecule has 1 aliphatic carbocycles. The quantitative estimate of drug-likeness (QED) is 0.168. The van der Waals surface area contributed by atoms with Crippen LogP contribution in [0.5, 0.6) is 0 Å². The molecular weight excluding hydrogens is 765 g/mol. The van der Waals surface area contributed by atoms with E-state index in [-0.39, 0.29) is 0 Å². The molecule has 0 bridgehead atoms. The van der Waals surface area contributed by atoms with Crippen LogP contribution in [0, 0.1) is 0 Å². The Labute approximate surface area is 364 Å². The Hall–Kier alpha value is -8.47. The van der Waals surface area contributed by atoms with Crippen LogP contribution < -0.4 is 0 Å². The molecule has 0 N–H and O–H groups in total. The van der Waals surface area contributed by atoms with Crippen LogP contribution in [-0.4, -0.2) is 19.5 Å². The third kappa shape index (κ3) is 5.66. The van der Waals surface area contributed by atoms with Gasteiger partial charge in [0.2, 0.25) is 0 Å². The van der Waals surface area contributed by atoms with Gasteiger partial charge < -0.3 is 4.57 Å². The predicted octanol–water partition coefficient (Wildman–Crippen LogP) is 15.3. The smallest absolute Gasteiger partial charge is 0.164 e. The van der Waals surface area contributed by atoms with Gasteiger partial charge in [-0.1, -0.05) is 182 Å². The van der Waals surface area contributed by atoms with Crippen molar-refractivity contribution >= 4 is 43.4 Å². The first-order chi connectivity index (χ1) is 31.2. The normalized spacial score (nSPS) is 11.8. The Morgan fingerprint density at radius 1 is 0.270 bits per heavy atom. The zero-order valence-corrected chi connectivity index (χ0v) is 34.1. The Morgan fingerprint density at radius 3 is 1.44 bits per heavy atom. The van der Waals surface area contributed by atoms with Gasteiger partial charge in [-0.15, -0.1) is 0 Å². The lowest BCUT2D eigenvalue weighted by Crippen LogP contribution is -2.00. The van der Waals surface area contributed by atoms with E-state index in [1.165, 1.54) is 65.6 Å². The molecule has 10 aromatic carbocycles. The van der Waals surface area contributed by atoms with Crippen molar-refractivity contribution in [1.29, 1.82) is 0 Å². The molecular formula is C59H36N4. The molecule has 0 unspecified atom stereocenters. The predicted molar refractivity (Wildman–Crippen MR) is 261 cm³/mol. The Balaban J connectivity index is 0.946. The van der Waals surface area contributed by atoms with Gasteiger partial charge in [-0.2, -0.15) is 0 Å². The van der Waals surface area contributed by atoms with Gasteiger partial charge >= 0.3 is 0 Å². The van der Waals surface area contributed by atoms with E-state index in [0.29, 0.717) is 17.5 Å². The zero-order valence-electron chi connectivity index (χ0n) is 34.1. The van der Waals surface area contributed by atoms with Gasteiger partial charge in [0.05, 0.1) is 11.0 Å². The second kappa shape index (κ2) is 14.1. The van der Waals surface area contributed by atoms with E-state index in [4.69, 9.17) is 15.0 Å². The van der Waals surface area contributed by atoms with E-state index >= 15 is 0 Å². The summed E-state index contributed by atoms with van der Waals surface area (Å²) in [6.45, 7) is 0. The van der Waals surface area contributed by atoms with Crippen LogP contribution in [0.2, 0.25) is 0 Å². The molecule has 63 heavy (non-hydrogen) atoms. The number of nitrogens with zero attached hydrogens (tertiary/aromatic N) is 4. The third-order valence-electron chi connectivity index (χ3n) is 12.7.